The molecule has 26 heavy (non-hydrogen) atoms. The zero-order valence-corrected chi connectivity index (χ0v) is 15.4. The summed E-state index contributed by atoms with van der Waals surface area (Å²) in [6, 6.07) is 7.99. The maximum Gasteiger partial charge on any atom is 0.326 e. The molecule has 0 spiro atoms. The van der Waals surface area contributed by atoms with Crippen molar-refractivity contribution in [3.8, 4) is 0 Å². The lowest BCUT2D eigenvalue weighted by Crippen LogP contribution is -2.48. The molecule has 4 atom stereocenters. The number of rotatable bonds is 12. The van der Waals surface area contributed by atoms with Gasteiger partial charge in [-0.25, -0.2) is 4.79 Å². The van der Waals surface area contributed by atoms with Gasteiger partial charge in [-0.1, -0.05) is 50.6 Å². The molecule has 0 radical (unpaired) electrons. The van der Waals surface area contributed by atoms with Gasteiger partial charge >= 0.3 is 5.97 Å². The van der Waals surface area contributed by atoms with Crippen molar-refractivity contribution < 1.29 is 24.5 Å². The summed E-state index contributed by atoms with van der Waals surface area (Å²) < 4.78 is 5.76. The molecular formula is C19H30N2O5. The van der Waals surface area contributed by atoms with Gasteiger partial charge in [-0.3, -0.25) is 4.79 Å². The van der Waals surface area contributed by atoms with Crippen molar-refractivity contribution in [1.82, 2.24) is 5.32 Å². The Labute approximate surface area is 154 Å². The van der Waals surface area contributed by atoms with E-state index in [4.69, 9.17) is 20.7 Å². The van der Waals surface area contributed by atoms with Crippen LogP contribution in [0.15, 0.2) is 30.3 Å². The lowest BCUT2D eigenvalue weighted by molar-refractivity contribution is -0.145. The number of aliphatic hydroxyl groups is 1. The molecular weight excluding hydrogens is 336 g/mol. The Balaban J connectivity index is 2.81. The van der Waals surface area contributed by atoms with E-state index in [1.807, 2.05) is 44.2 Å². The quantitative estimate of drug-likeness (QED) is 0.437. The van der Waals surface area contributed by atoms with Gasteiger partial charge in [0.25, 0.3) is 0 Å². The number of nitrogens with one attached hydrogen (secondary N) is 1. The first-order valence-corrected chi connectivity index (χ1v) is 8.94. The van der Waals surface area contributed by atoms with Crippen LogP contribution in [-0.2, 0) is 20.7 Å². The number of ether oxygens (including phenoxy) is 1. The smallest absolute Gasteiger partial charge is 0.326 e. The molecule has 1 aromatic carbocycles. The molecule has 1 rings (SSSR count). The molecule has 0 aromatic heterocycles. The van der Waals surface area contributed by atoms with Crippen LogP contribution in [0.5, 0.6) is 0 Å². The Hall–Kier alpha value is -1.96. The van der Waals surface area contributed by atoms with Gasteiger partial charge in [0.05, 0.1) is 6.61 Å². The lowest BCUT2D eigenvalue weighted by atomic mass is 10.0. The number of hydrogen-bond acceptors (Lipinski definition) is 5. The van der Waals surface area contributed by atoms with E-state index in [0.29, 0.717) is 6.42 Å². The topological polar surface area (TPSA) is 122 Å². The molecule has 5 N–H and O–H groups in total. The molecule has 0 aliphatic heterocycles. The van der Waals surface area contributed by atoms with Crippen molar-refractivity contribution in [2.45, 2.75) is 51.3 Å². The number of carbonyl (C=O) groups excluding carboxylic acids is 1. The molecule has 0 bridgehead atoms. The van der Waals surface area contributed by atoms with Crippen molar-refractivity contribution in [2.75, 3.05) is 13.2 Å². The molecule has 0 aliphatic carbocycles. The van der Waals surface area contributed by atoms with Gasteiger partial charge in [-0.15, -0.1) is 0 Å². The Bertz CT molecular complexity index is 552. The number of carboxylic acids is 1. The second kappa shape index (κ2) is 11.6. The minimum Gasteiger partial charge on any atom is -0.480 e. The third-order valence-corrected chi connectivity index (χ3v) is 4.45. The van der Waals surface area contributed by atoms with Gasteiger partial charge in [0.15, 0.2) is 0 Å². The van der Waals surface area contributed by atoms with E-state index >= 15 is 0 Å². The summed E-state index contributed by atoms with van der Waals surface area (Å²) in [5.74, 6) is -1.47. The van der Waals surface area contributed by atoms with Crippen LogP contribution >= 0.6 is 0 Å². The summed E-state index contributed by atoms with van der Waals surface area (Å²) in [5, 5.41) is 20.6. The number of carboxylic acid groups (broad SMARTS) is 1. The van der Waals surface area contributed by atoms with Crippen molar-refractivity contribution in [1.29, 1.82) is 0 Å². The number of amides is 1. The van der Waals surface area contributed by atoms with E-state index in [1.54, 1.807) is 0 Å². The fraction of sp³-hybridized carbons (Fsp3) is 0.579. The van der Waals surface area contributed by atoms with Gasteiger partial charge in [0.1, 0.15) is 12.1 Å². The van der Waals surface area contributed by atoms with Crippen LogP contribution < -0.4 is 11.1 Å². The molecule has 0 saturated heterocycles. The third-order valence-electron chi connectivity index (χ3n) is 4.45. The van der Waals surface area contributed by atoms with E-state index in [2.05, 4.69) is 5.32 Å². The number of aliphatic hydroxyl groups excluding tert-OH is 1. The van der Waals surface area contributed by atoms with Crippen molar-refractivity contribution in [3.05, 3.63) is 35.9 Å². The second-order valence-corrected chi connectivity index (χ2v) is 6.47. The zero-order chi connectivity index (χ0) is 19.5. The van der Waals surface area contributed by atoms with Gasteiger partial charge in [0.2, 0.25) is 5.91 Å². The van der Waals surface area contributed by atoms with Crippen LogP contribution in [0, 0.1) is 5.92 Å². The van der Waals surface area contributed by atoms with E-state index in [-0.39, 0.29) is 31.6 Å². The van der Waals surface area contributed by atoms with Crippen LogP contribution in [0.4, 0.5) is 0 Å². The van der Waals surface area contributed by atoms with E-state index in [0.717, 1.165) is 12.0 Å². The first kappa shape index (κ1) is 22.1. The lowest BCUT2D eigenvalue weighted by Gasteiger charge is -2.24. The number of carbonyl (C=O) groups is 2. The van der Waals surface area contributed by atoms with E-state index in [1.165, 1.54) is 0 Å². The molecule has 0 aliphatic rings. The molecule has 7 heteroatoms. The predicted molar refractivity (Wildman–Crippen MR) is 98.6 cm³/mol. The molecule has 0 saturated carbocycles. The Morgan fingerprint density at radius 1 is 1.27 bits per heavy atom. The van der Waals surface area contributed by atoms with Gasteiger partial charge in [-0.2, -0.15) is 0 Å². The fourth-order valence-electron chi connectivity index (χ4n) is 2.40. The fourth-order valence-corrected chi connectivity index (χ4v) is 2.40. The monoisotopic (exact) mass is 366 g/mol. The molecule has 1 amide bonds. The molecule has 0 fully saturated rings. The standard InChI is InChI=1S/C19H30N2O5/c1-3-13(2)15(20)12-26-17(11-14-7-5-4-6-8-14)18(23)21-16(9-10-22)19(24)25/h4-8,13,15-17,22H,3,9-12,20H2,1-2H3,(H,21,23)(H,24,25)/t13-,15?,16-,17?/m0/s1. The summed E-state index contributed by atoms with van der Waals surface area (Å²) >= 11 is 0. The third kappa shape index (κ3) is 7.51. The zero-order valence-electron chi connectivity index (χ0n) is 15.4. The largest absolute Gasteiger partial charge is 0.480 e. The highest BCUT2D eigenvalue weighted by Crippen LogP contribution is 2.11. The first-order chi connectivity index (χ1) is 12.4. The average Bonchev–Trinajstić information content (AvgIpc) is 2.64. The van der Waals surface area contributed by atoms with Crippen molar-refractivity contribution in [3.63, 3.8) is 0 Å². The molecule has 2 unspecified atom stereocenters. The highest BCUT2D eigenvalue weighted by molar-refractivity contribution is 5.86. The minimum absolute atomic E-state index is 0.0640. The molecule has 1 aromatic rings. The van der Waals surface area contributed by atoms with E-state index in [9.17, 15) is 9.59 Å². The second-order valence-electron chi connectivity index (χ2n) is 6.47. The van der Waals surface area contributed by atoms with Gasteiger partial charge in [0, 0.05) is 25.5 Å². The maximum atomic E-state index is 12.6. The summed E-state index contributed by atoms with van der Waals surface area (Å²) in [4.78, 5) is 23.8. The normalized spacial score (nSPS) is 15.7. The minimum atomic E-state index is -1.19. The Morgan fingerprint density at radius 2 is 1.92 bits per heavy atom. The SMILES string of the molecule is CC[C@H](C)C(N)COC(Cc1ccccc1)C(=O)N[C@@H](CCO)C(=O)O. The molecule has 0 heterocycles. The van der Waals surface area contributed by atoms with Crippen LogP contribution in [0.1, 0.15) is 32.3 Å². The highest BCUT2D eigenvalue weighted by atomic mass is 16.5. The van der Waals surface area contributed by atoms with Crippen molar-refractivity contribution >= 4 is 11.9 Å². The predicted octanol–water partition coefficient (Wildman–Crippen LogP) is 0.940. The molecule has 7 nitrogen and oxygen atoms in total. The van der Waals surface area contributed by atoms with Gasteiger partial charge < -0.3 is 26.0 Å². The number of hydrogen-bond donors (Lipinski definition) is 4. The number of benzene rings is 1. The summed E-state index contributed by atoms with van der Waals surface area (Å²) in [7, 11) is 0. The maximum absolute atomic E-state index is 12.6. The summed E-state index contributed by atoms with van der Waals surface area (Å²) in [6.45, 7) is 3.92. The highest BCUT2D eigenvalue weighted by Gasteiger charge is 2.26. The van der Waals surface area contributed by atoms with Crippen molar-refractivity contribution in [2.24, 2.45) is 11.7 Å². The summed E-state index contributed by atoms with van der Waals surface area (Å²) in [6.07, 6.45) is 0.294. The Morgan fingerprint density at radius 3 is 2.46 bits per heavy atom. The van der Waals surface area contributed by atoms with Crippen LogP contribution in [0.2, 0.25) is 0 Å². The number of aliphatic carboxylic acids is 1. The van der Waals surface area contributed by atoms with Crippen LogP contribution in [-0.4, -0.2) is 53.5 Å². The number of nitrogens with two attached hydrogens (primary N) is 1. The summed E-state index contributed by atoms with van der Waals surface area (Å²) in [5.41, 5.74) is 6.98. The Kier molecular flexibility index (Phi) is 9.87. The van der Waals surface area contributed by atoms with E-state index < -0.39 is 24.0 Å². The van der Waals surface area contributed by atoms with Crippen LogP contribution in [0.25, 0.3) is 0 Å². The molecule has 146 valence electrons. The first-order valence-electron chi connectivity index (χ1n) is 8.94. The average molecular weight is 366 g/mol. The van der Waals surface area contributed by atoms with Crippen LogP contribution in [0.3, 0.4) is 0 Å². The van der Waals surface area contributed by atoms with Gasteiger partial charge in [-0.05, 0) is 11.5 Å².